The van der Waals surface area contributed by atoms with Gasteiger partial charge in [0.1, 0.15) is 5.75 Å². The maximum absolute atomic E-state index is 14.8. The molecule has 3 atom stereocenters. The van der Waals surface area contributed by atoms with Crippen molar-refractivity contribution in [2.45, 2.75) is 88.3 Å². The fourth-order valence-corrected chi connectivity index (χ4v) is 6.82. The average Bonchev–Trinajstić information content (AvgIpc) is 2.83. The molecule has 3 rings (SSSR count). The van der Waals surface area contributed by atoms with E-state index in [2.05, 4.69) is 90.2 Å². The summed E-state index contributed by atoms with van der Waals surface area (Å²) in [6.45, 7) is 15.5. The van der Waals surface area contributed by atoms with E-state index in [-0.39, 0.29) is 6.04 Å². The SMILES string of the molecule is COc1ccc(NC(C)C2(S(=O)c3c(C(C)C)cc(C(C)C)cc3C(C)C)C=CC=CC2)cc1. The minimum absolute atomic E-state index is 0.0484. The first-order chi connectivity index (χ1) is 16.1. The summed E-state index contributed by atoms with van der Waals surface area (Å²) in [4.78, 5) is 1.03. The molecule has 1 N–H and O–H groups in total. The molecule has 0 amide bonds. The van der Waals surface area contributed by atoms with Crippen LogP contribution >= 0.6 is 0 Å². The molecule has 4 heteroatoms. The first-order valence-electron chi connectivity index (χ1n) is 12.4. The molecule has 3 unspecified atom stereocenters. The van der Waals surface area contributed by atoms with Gasteiger partial charge in [-0.25, -0.2) is 0 Å². The van der Waals surface area contributed by atoms with Gasteiger partial charge in [0.2, 0.25) is 0 Å². The largest absolute Gasteiger partial charge is 0.497 e. The highest BCUT2D eigenvalue weighted by Crippen LogP contribution is 2.41. The molecule has 0 radical (unpaired) electrons. The molecule has 2 aromatic rings. The molecular formula is C30H41NO2S. The maximum atomic E-state index is 14.8. The van der Waals surface area contributed by atoms with Crippen molar-refractivity contribution in [3.8, 4) is 5.75 Å². The monoisotopic (exact) mass is 479 g/mol. The summed E-state index contributed by atoms with van der Waals surface area (Å²) >= 11 is 0. The summed E-state index contributed by atoms with van der Waals surface area (Å²) in [5, 5.41) is 3.65. The Bertz CT molecular complexity index is 1040. The van der Waals surface area contributed by atoms with Gasteiger partial charge in [-0.1, -0.05) is 78.0 Å². The van der Waals surface area contributed by atoms with Crippen LogP contribution in [-0.2, 0) is 10.8 Å². The van der Waals surface area contributed by atoms with Gasteiger partial charge in [-0.2, -0.15) is 0 Å². The van der Waals surface area contributed by atoms with E-state index < -0.39 is 15.5 Å². The lowest BCUT2D eigenvalue weighted by Crippen LogP contribution is -2.48. The molecule has 1 aliphatic carbocycles. The first kappa shape index (κ1) is 26.3. The number of ether oxygens (including phenoxy) is 1. The smallest absolute Gasteiger partial charge is 0.119 e. The highest BCUT2D eigenvalue weighted by atomic mass is 32.2. The topological polar surface area (TPSA) is 38.3 Å². The molecule has 2 aromatic carbocycles. The van der Waals surface area contributed by atoms with E-state index in [1.807, 2.05) is 24.3 Å². The van der Waals surface area contributed by atoms with E-state index in [4.69, 9.17) is 4.74 Å². The van der Waals surface area contributed by atoms with Crippen molar-refractivity contribution < 1.29 is 8.95 Å². The minimum Gasteiger partial charge on any atom is -0.497 e. The number of rotatable bonds is 9. The standard InChI is InChI=1S/C30H41NO2S/c1-20(2)24-18-27(21(3)4)29(28(19-24)22(5)6)34(32)30(16-10-9-11-17-30)23(7)31-25-12-14-26(33-8)15-13-25/h9-16,18-23,31H,17H2,1-8H3. The van der Waals surface area contributed by atoms with Crippen molar-refractivity contribution in [1.82, 2.24) is 0 Å². The molecular weight excluding hydrogens is 438 g/mol. The molecule has 0 aliphatic heterocycles. The molecule has 0 aromatic heterocycles. The molecule has 3 nitrogen and oxygen atoms in total. The van der Waals surface area contributed by atoms with Gasteiger partial charge in [0, 0.05) is 16.6 Å². The maximum Gasteiger partial charge on any atom is 0.119 e. The Balaban J connectivity index is 2.12. The van der Waals surface area contributed by atoms with Crippen LogP contribution in [0, 0.1) is 0 Å². The number of hydrogen-bond donors (Lipinski definition) is 1. The highest BCUT2D eigenvalue weighted by Gasteiger charge is 2.42. The van der Waals surface area contributed by atoms with Crippen molar-refractivity contribution in [3.05, 3.63) is 77.4 Å². The van der Waals surface area contributed by atoms with Crippen LogP contribution in [0.25, 0.3) is 0 Å². The molecule has 0 saturated carbocycles. The quantitative estimate of drug-likeness (QED) is 0.397. The predicted molar refractivity (Wildman–Crippen MR) is 147 cm³/mol. The average molecular weight is 480 g/mol. The van der Waals surface area contributed by atoms with E-state index in [0.29, 0.717) is 17.8 Å². The van der Waals surface area contributed by atoms with Crippen LogP contribution in [0.2, 0.25) is 0 Å². The minimum atomic E-state index is -1.25. The summed E-state index contributed by atoms with van der Waals surface area (Å²) in [6, 6.07) is 12.5. The zero-order chi connectivity index (χ0) is 25.0. The molecule has 1 aliphatic rings. The van der Waals surface area contributed by atoms with E-state index >= 15 is 0 Å². The van der Waals surface area contributed by atoms with E-state index in [1.165, 1.54) is 16.7 Å². The van der Waals surface area contributed by atoms with Crippen LogP contribution in [-0.4, -0.2) is 22.1 Å². The number of hydrogen-bond acceptors (Lipinski definition) is 3. The van der Waals surface area contributed by atoms with Crippen LogP contribution in [0.5, 0.6) is 5.75 Å². The highest BCUT2D eigenvalue weighted by molar-refractivity contribution is 7.87. The summed E-state index contributed by atoms with van der Waals surface area (Å²) in [7, 11) is 0.423. The molecule has 0 saturated heterocycles. The third-order valence-corrected chi connectivity index (χ3v) is 9.07. The zero-order valence-corrected chi connectivity index (χ0v) is 22.8. The Morgan fingerprint density at radius 2 is 1.47 bits per heavy atom. The first-order valence-corrected chi connectivity index (χ1v) is 13.6. The normalized spacial score (nSPS) is 19.6. The summed E-state index contributed by atoms with van der Waals surface area (Å²) < 4.78 is 19.5. The molecule has 0 heterocycles. The van der Waals surface area contributed by atoms with Crippen molar-refractivity contribution >= 4 is 16.5 Å². The van der Waals surface area contributed by atoms with Crippen molar-refractivity contribution in [1.29, 1.82) is 0 Å². The zero-order valence-electron chi connectivity index (χ0n) is 22.0. The molecule has 0 bridgehead atoms. The Kier molecular flexibility index (Phi) is 8.46. The van der Waals surface area contributed by atoms with Crippen LogP contribution in [0.15, 0.2) is 65.6 Å². The Morgan fingerprint density at radius 3 is 1.91 bits per heavy atom. The van der Waals surface area contributed by atoms with Gasteiger partial charge in [-0.15, -0.1) is 0 Å². The number of methoxy groups -OCH3 is 1. The van der Waals surface area contributed by atoms with Crippen LogP contribution in [0.3, 0.4) is 0 Å². The van der Waals surface area contributed by atoms with Crippen molar-refractivity contribution in [3.63, 3.8) is 0 Å². The third-order valence-electron chi connectivity index (χ3n) is 6.88. The Hall–Kier alpha value is -2.33. The summed E-state index contributed by atoms with van der Waals surface area (Å²) in [5.41, 5.74) is 4.75. The lowest BCUT2D eigenvalue weighted by atomic mass is 9.89. The number of benzene rings is 2. The van der Waals surface area contributed by atoms with Crippen LogP contribution in [0.1, 0.15) is 89.3 Å². The van der Waals surface area contributed by atoms with Gasteiger partial charge in [0.05, 0.1) is 22.7 Å². The lowest BCUT2D eigenvalue weighted by molar-refractivity contribution is 0.415. The predicted octanol–water partition coefficient (Wildman–Crippen LogP) is 7.93. The number of anilines is 1. The summed E-state index contributed by atoms with van der Waals surface area (Å²) in [5.74, 6) is 1.84. The molecule has 0 spiro atoms. The molecule has 0 fully saturated rings. The fraction of sp³-hybridized carbons (Fsp3) is 0.467. The third kappa shape index (κ3) is 5.33. The van der Waals surface area contributed by atoms with Gasteiger partial charge < -0.3 is 10.1 Å². The second-order valence-electron chi connectivity index (χ2n) is 10.3. The van der Waals surface area contributed by atoms with Gasteiger partial charge in [0.25, 0.3) is 0 Å². The Morgan fingerprint density at radius 1 is 0.882 bits per heavy atom. The van der Waals surface area contributed by atoms with E-state index in [0.717, 1.165) is 22.8 Å². The lowest BCUT2D eigenvalue weighted by Gasteiger charge is -2.39. The van der Waals surface area contributed by atoms with Crippen LogP contribution < -0.4 is 10.1 Å². The molecule has 184 valence electrons. The fourth-order valence-electron chi connectivity index (χ4n) is 4.59. The second-order valence-corrected chi connectivity index (χ2v) is 12.0. The Labute approximate surface area is 209 Å². The number of allylic oxidation sites excluding steroid dienone is 3. The summed E-state index contributed by atoms with van der Waals surface area (Å²) in [6.07, 6.45) is 9.15. The van der Waals surface area contributed by atoms with Gasteiger partial charge in [0.15, 0.2) is 0 Å². The van der Waals surface area contributed by atoms with E-state index in [1.54, 1.807) is 7.11 Å². The van der Waals surface area contributed by atoms with Crippen molar-refractivity contribution in [2.24, 2.45) is 0 Å². The van der Waals surface area contributed by atoms with E-state index in [9.17, 15) is 4.21 Å². The van der Waals surface area contributed by atoms with Crippen molar-refractivity contribution in [2.75, 3.05) is 12.4 Å². The molecule has 34 heavy (non-hydrogen) atoms. The van der Waals surface area contributed by atoms with Crippen LogP contribution in [0.4, 0.5) is 5.69 Å². The second kappa shape index (κ2) is 10.9. The van der Waals surface area contributed by atoms with Gasteiger partial charge in [-0.05, 0) is 72.1 Å². The van der Waals surface area contributed by atoms with Gasteiger partial charge in [-0.3, -0.25) is 4.21 Å². The van der Waals surface area contributed by atoms with Gasteiger partial charge >= 0.3 is 0 Å². The number of nitrogens with one attached hydrogen (secondary N) is 1.